The summed E-state index contributed by atoms with van der Waals surface area (Å²) in [5, 5.41) is 17.7. The average molecular weight is 199 g/mol. The molecule has 0 spiro atoms. The molecule has 14 heavy (non-hydrogen) atoms. The van der Waals surface area contributed by atoms with Crippen LogP contribution in [0, 0.1) is 5.41 Å². The monoisotopic (exact) mass is 199 g/mol. The molecule has 5 heteroatoms. The van der Waals surface area contributed by atoms with Gasteiger partial charge in [-0.25, -0.2) is 4.79 Å². The SMILES string of the molecule is C=C1CCN(C(=O)O)C[C@@]1(C)C(=O)O. The molecule has 0 aliphatic carbocycles. The second kappa shape index (κ2) is 3.32. The standard InChI is InChI=1S/C9H13NO4/c1-6-3-4-10(8(13)14)5-9(6,2)7(11)12/h1,3-5H2,2H3,(H,11,12)(H,13,14)/t9-/m1/s1. The van der Waals surface area contributed by atoms with E-state index < -0.39 is 17.5 Å². The summed E-state index contributed by atoms with van der Waals surface area (Å²) in [6, 6.07) is 0. The molecule has 1 aliphatic rings. The van der Waals surface area contributed by atoms with Gasteiger partial charge >= 0.3 is 12.1 Å². The topological polar surface area (TPSA) is 77.8 Å². The zero-order valence-electron chi connectivity index (χ0n) is 7.99. The van der Waals surface area contributed by atoms with Crippen molar-refractivity contribution in [2.45, 2.75) is 13.3 Å². The molecule has 0 radical (unpaired) electrons. The molecule has 2 N–H and O–H groups in total. The van der Waals surface area contributed by atoms with E-state index in [0.717, 1.165) is 4.90 Å². The molecule has 0 bridgehead atoms. The van der Waals surface area contributed by atoms with Crippen molar-refractivity contribution in [3.8, 4) is 0 Å². The van der Waals surface area contributed by atoms with Crippen LogP contribution in [-0.2, 0) is 4.79 Å². The maximum absolute atomic E-state index is 11.0. The highest BCUT2D eigenvalue weighted by Gasteiger charge is 2.42. The Labute approximate surface area is 81.6 Å². The van der Waals surface area contributed by atoms with E-state index in [0.29, 0.717) is 18.5 Å². The van der Waals surface area contributed by atoms with Gasteiger partial charge in [0.25, 0.3) is 0 Å². The Morgan fingerprint density at radius 3 is 2.50 bits per heavy atom. The minimum absolute atomic E-state index is 0.0174. The summed E-state index contributed by atoms with van der Waals surface area (Å²) in [4.78, 5) is 22.8. The van der Waals surface area contributed by atoms with Gasteiger partial charge in [-0.1, -0.05) is 12.2 Å². The van der Waals surface area contributed by atoms with Gasteiger partial charge in [0.05, 0.1) is 0 Å². The highest BCUT2D eigenvalue weighted by molar-refractivity contribution is 5.80. The minimum atomic E-state index is -1.14. The Bertz CT molecular complexity index is 299. The second-order valence-corrected chi connectivity index (χ2v) is 3.69. The first-order valence-corrected chi connectivity index (χ1v) is 4.27. The molecular formula is C9H13NO4. The first kappa shape index (κ1) is 10.6. The molecule has 0 aromatic carbocycles. The Kier molecular flexibility index (Phi) is 2.51. The molecule has 1 aliphatic heterocycles. The molecule has 0 aromatic rings. The molecule has 1 rings (SSSR count). The summed E-state index contributed by atoms with van der Waals surface area (Å²) in [7, 11) is 0. The van der Waals surface area contributed by atoms with Gasteiger partial charge in [-0.05, 0) is 13.3 Å². The lowest BCUT2D eigenvalue weighted by molar-refractivity contribution is -0.147. The van der Waals surface area contributed by atoms with Crippen LogP contribution in [0.15, 0.2) is 12.2 Å². The fraction of sp³-hybridized carbons (Fsp3) is 0.556. The minimum Gasteiger partial charge on any atom is -0.481 e. The van der Waals surface area contributed by atoms with Crippen LogP contribution in [0.2, 0.25) is 0 Å². The molecule has 78 valence electrons. The van der Waals surface area contributed by atoms with Crippen molar-refractivity contribution in [1.29, 1.82) is 0 Å². The predicted octanol–water partition coefficient (Wildman–Crippen LogP) is 1.02. The Hall–Kier alpha value is -1.52. The number of aliphatic carboxylic acids is 1. The molecule has 0 aromatic heterocycles. The van der Waals surface area contributed by atoms with E-state index in [9.17, 15) is 9.59 Å². The summed E-state index contributed by atoms with van der Waals surface area (Å²) in [5.41, 5.74) is -0.557. The van der Waals surface area contributed by atoms with Gasteiger partial charge in [-0.15, -0.1) is 0 Å². The van der Waals surface area contributed by atoms with Gasteiger partial charge in [0.15, 0.2) is 0 Å². The lowest BCUT2D eigenvalue weighted by Gasteiger charge is -2.37. The number of piperidine rings is 1. The number of amides is 1. The summed E-state index contributed by atoms with van der Waals surface area (Å²) < 4.78 is 0. The number of carbonyl (C=O) groups is 2. The number of rotatable bonds is 1. The van der Waals surface area contributed by atoms with E-state index in [1.165, 1.54) is 6.92 Å². The average Bonchev–Trinajstić information content (AvgIpc) is 2.09. The number of nitrogens with zero attached hydrogens (tertiary/aromatic N) is 1. The van der Waals surface area contributed by atoms with Crippen molar-refractivity contribution < 1.29 is 19.8 Å². The molecule has 0 unspecified atom stereocenters. The van der Waals surface area contributed by atoms with Gasteiger partial charge in [-0.3, -0.25) is 4.79 Å². The predicted molar refractivity (Wildman–Crippen MR) is 49.1 cm³/mol. The number of hydrogen-bond acceptors (Lipinski definition) is 2. The van der Waals surface area contributed by atoms with Crippen LogP contribution in [0.3, 0.4) is 0 Å². The highest BCUT2D eigenvalue weighted by atomic mass is 16.4. The van der Waals surface area contributed by atoms with E-state index in [1.807, 2.05) is 0 Å². The molecule has 1 fully saturated rings. The van der Waals surface area contributed by atoms with Gasteiger partial charge in [0, 0.05) is 13.1 Å². The maximum Gasteiger partial charge on any atom is 0.407 e. The summed E-state index contributed by atoms with van der Waals surface area (Å²) in [5.74, 6) is -1.02. The summed E-state index contributed by atoms with van der Waals surface area (Å²) in [6.45, 7) is 5.50. The number of likely N-dealkylation sites (tertiary alicyclic amines) is 1. The summed E-state index contributed by atoms with van der Waals surface area (Å²) in [6.07, 6.45) is -0.667. The van der Waals surface area contributed by atoms with Crippen LogP contribution in [0.25, 0.3) is 0 Å². The third-order valence-electron chi connectivity index (χ3n) is 2.71. The number of carboxylic acid groups (broad SMARTS) is 2. The molecule has 5 nitrogen and oxygen atoms in total. The fourth-order valence-electron chi connectivity index (χ4n) is 1.50. The van der Waals surface area contributed by atoms with Crippen LogP contribution >= 0.6 is 0 Å². The highest BCUT2D eigenvalue weighted by Crippen LogP contribution is 2.33. The van der Waals surface area contributed by atoms with Gasteiger partial charge in [-0.2, -0.15) is 0 Å². The van der Waals surface area contributed by atoms with Crippen molar-refractivity contribution >= 4 is 12.1 Å². The molecule has 1 saturated heterocycles. The zero-order valence-corrected chi connectivity index (χ0v) is 7.99. The maximum atomic E-state index is 11.0. The number of carboxylic acids is 1. The third kappa shape index (κ3) is 1.57. The normalized spacial score (nSPS) is 27.5. The molecular weight excluding hydrogens is 186 g/mol. The van der Waals surface area contributed by atoms with E-state index >= 15 is 0 Å². The van der Waals surface area contributed by atoms with Gasteiger partial charge < -0.3 is 15.1 Å². The molecule has 1 atom stereocenters. The largest absolute Gasteiger partial charge is 0.481 e. The number of hydrogen-bond donors (Lipinski definition) is 2. The van der Waals surface area contributed by atoms with Crippen LogP contribution in [0.5, 0.6) is 0 Å². The molecule has 1 amide bonds. The zero-order chi connectivity index (χ0) is 10.9. The van der Waals surface area contributed by atoms with Gasteiger partial charge in [0.2, 0.25) is 0 Å². The molecule has 0 saturated carbocycles. The van der Waals surface area contributed by atoms with E-state index in [2.05, 4.69) is 6.58 Å². The van der Waals surface area contributed by atoms with Crippen molar-refractivity contribution in [2.75, 3.05) is 13.1 Å². The molecule has 1 heterocycles. The summed E-state index contributed by atoms with van der Waals surface area (Å²) >= 11 is 0. The quantitative estimate of drug-likeness (QED) is 0.618. The first-order chi connectivity index (χ1) is 6.38. The van der Waals surface area contributed by atoms with Crippen molar-refractivity contribution in [2.24, 2.45) is 5.41 Å². The van der Waals surface area contributed by atoms with Crippen LogP contribution < -0.4 is 0 Å². The smallest absolute Gasteiger partial charge is 0.407 e. The van der Waals surface area contributed by atoms with Crippen molar-refractivity contribution in [1.82, 2.24) is 4.90 Å². The van der Waals surface area contributed by atoms with E-state index in [4.69, 9.17) is 10.2 Å². The first-order valence-electron chi connectivity index (χ1n) is 4.27. The van der Waals surface area contributed by atoms with Gasteiger partial charge in [0.1, 0.15) is 5.41 Å². The second-order valence-electron chi connectivity index (χ2n) is 3.69. The van der Waals surface area contributed by atoms with Crippen LogP contribution in [0.1, 0.15) is 13.3 Å². The lowest BCUT2D eigenvalue weighted by Crippen LogP contribution is -2.49. The van der Waals surface area contributed by atoms with Crippen molar-refractivity contribution in [3.63, 3.8) is 0 Å². The lowest BCUT2D eigenvalue weighted by atomic mass is 9.78. The third-order valence-corrected chi connectivity index (χ3v) is 2.71. The fourth-order valence-corrected chi connectivity index (χ4v) is 1.50. The Morgan fingerprint density at radius 1 is 1.50 bits per heavy atom. The van der Waals surface area contributed by atoms with Crippen LogP contribution in [-0.4, -0.2) is 40.3 Å². The Balaban J connectivity index is 2.89. The van der Waals surface area contributed by atoms with Crippen LogP contribution in [0.4, 0.5) is 4.79 Å². The van der Waals surface area contributed by atoms with E-state index in [1.54, 1.807) is 0 Å². The van der Waals surface area contributed by atoms with Crippen molar-refractivity contribution in [3.05, 3.63) is 12.2 Å². The Morgan fingerprint density at radius 2 is 2.07 bits per heavy atom. The van der Waals surface area contributed by atoms with E-state index in [-0.39, 0.29) is 6.54 Å².